The summed E-state index contributed by atoms with van der Waals surface area (Å²) >= 11 is 3.33. The molecule has 5 rings (SSSR count). The smallest absolute Gasteiger partial charge is 0.290 e. The second-order valence-corrected chi connectivity index (χ2v) is 10.1. The van der Waals surface area contributed by atoms with Crippen molar-refractivity contribution in [3.8, 4) is 11.4 Å². The molecule has 0 saturated heterocycles. The highest BCUT2D eigenvalue weighted by Crippen LogP contribution is 2.40. The van der Waals surface area contributed by atoms with Gasteiger partial charge in [0.15, 0.2) is 5.82 Å². The molecule has 7 heteroatoms. The average molecular weight is 395 g/mol. The Bertz CT molecular complexity index is 1260. The van der Waals surface area contributed by atoms with E-state index in [1.807, 2.05) is 42.1 Å². The van der Waals surface area contributed by atoms with Gasteiger partial charge in [0.1, 0.15) is 9.53 Å². The number of pyridine rings is 1. The molecule has 1 aromatic carbocycles. The zero-order chi connectivity index (χ0) is 18.8. The van der Waals surface area contributed by atoms with Crippen LogP contribution in [-0.2, 0) is 12.2 Å². The van der Waals surface area contributed by atoms with Crippen LogP contribution in [0.25, 0.3) is 31.8 Å². The number of hydrogen-bond acceptors (Lipinski definition) is 6. The maximum absolute atomic E-state index is 12.9. The number of benzene rings is 1. The van der Waals surface area contributed by atoms with Gasteiger partial charge in [-0.3, -0.25) is 4.79 Å². The molecule has 0 amide bonds. The number of nitrogens with zero attached hydrogens (tertiary/aromatic N) is 3. The van der Waals surface area contributed by atoms with Gasteiger partial charge in [0.05, 0.1) is 5.52 Å². The molecular formula is C20H18N4OS2. The first kappa shape index (κ1) is 16.8. The van der Waals surface area contributed by atoms with Crippen molar-refractivity contribution in [1.82, 2.24) is 14.6 Å². The number of thioether (sulfide) groups is 1. The van der Waals surface area contributed by atoms with Gasteiger partial charge < -0.3 is 5.84 Å². The molecular weight excluding hydrogens is 376 g/mol. The third kappa shape index (κ3) is 2.64. The van der Waals surface area contributed by atoms with Crippen LogP contribution in [0.3, 0.4) is 0 Å². The van der Waals surface area contributed by atoms with Crippen molar-refractivity contribution in [2.75, 3.05) is 5.84 Å². The maximum Gasteiger partial charge on any atom is 0.290 e. The van der Waals surface area contributed by atoms with E-state index < -0.39 is 0 Å². The number of nitrogen functional groups attached to an aromatic ring is 1. The second kappa shape index (κ2) is 5.81. The molecule has 0 spiro atoms. The molecule has 0 aliphatic carbocycles. The Hall–Kier alpha value is -2.38. The van der Waals surface area contributed by atoms with Crippen LogP contribution in [0.5, 0.6) is 0 Å². The van der Waals surface area contributed by atoms with Gasteiger partial charge in [-0.1, -0.05) is 44.2 Å². The molecule has 0 atom stereocenters. The minimum atomic E-state index is -0.227. The summed E-state index contributed by atoms with van der Waals surface area (Å²) in [6, 6.07) is 11.7. The first-order valence-corrected chi connectivity index (χ1v) is 10.6. The van der Waals surface area contributed by atoms with E-state index in [4.69, 9.17) is 15.8 Å². The zero-order valence-corrected chi connectivity index (χ0v) is 16.7. The largest absolute Gasteiger partial charge is 0.334 e. The van der Waals surface area contributed by atoms with Gasteiger partial charge in [-0.25, -0.2) is 14.6 Å². The van der Waals surface area contributed by atoms with E-state index in [2.05, 4.69) is 19.9 Å². The SMILES string of the molecule is CC1(C)Cc2nc3sc4c(=O)n(N)c(-c5ccccc5)nc4c3cc2CS1. The van der Waals surface area contributed by atoms with Crippen molar-refractivity contribution in [3.63, 3.8) is 0 Å². The van der Waals surface area contributed by atoms with Crippen molar-refractivity contribution in [2.24, 2.45) is 0 Å². The molecule has 4 aromatic rings. The van der Waals surface area contributed by atoms with Crippen molar-refractivity contribution in [2.45, 2.75) is 30.8 Å². The van der Waals surface area contributed by atoms with Crippen molar-refractivity contribution >= 4 is 43.5 Å². The van der Waals surface area contributed by atoms with Crippen LogP contribution in [0.4, 0.5) is 0 Å². The highest BCUT2D eigenvalue weighted by atomic mass is 32.2. The van der Waals surface area contributed by atoms with E-state index in [0.717, 1.165) is 38.3 Å². The van der Waals surface area contributed by atoms with Crippen LogP contribution in [-0.4, -0.2) is 19.4 Å². The standard InChI is InChI=1S/C20H18N4OS2/c1-20(2)9-14-12(10-26-20)8-13-15-16(27-18(13)22-14)19(25)24(21)17(23-15)11-6-4-3-5-7-11/h3-8H,9-10,21H2,1-2H3. The number of aromatic nitrogens is 3. The van der Waals surface area contributed by atoms with Crippen molar-refractivity contribution in [1.29, 1.82) is 0 Å². The Morgan fingerprint density at radius 2 is 1.96 bits per heavy atom. The van der Waals surface area contributed by atoms with Gasteiger partial charge in [-0.2, -0.15) is 11.8 Å². The maximum atomic E-state index is 12.9. The molecule has 1 aliphatic heterocycles. The monoisotopic (exact) mass is 394 g/mol. The molecule has 0 bridgehead atoms. The van der Waals surface area contributed by atoms with E-state index in [1.165, 1.54) is 16.9 Å². The van der Waals surface area contributed by atoms with E-state index in [0.29, 0.717) is 16.0 Å². The van der Waals surface area contributed by atoms with Gasteiger partial charge in [0.25, 0.3) is 5.56 Å². The van der Waals surface area contributed by atoms with Crippen LogP contribution in [0, 0.1) is 0 Å². The number of nitrogens with two attached hydrogens (primary N) is 1. The van der Waals surface area contributed by atoms with Crippen LogP contribution in [0.15, 0.2) is 41.2 Å². The third-order valence-corrected chi connectivity index (χ3v) is 7.39. The highest BCUT2D eigenvalue weighted by molar-refractivity contribution is 7.99. The summed E-state index contributed by atoms with van der Waals surface area (Å²) in [6.07, 6.45) is 0.932. The summed E-state index contributed by atoms with van der Waals surface area (Å²) in [5.74, 6) is 7.49. The number of thiophene rings is 1. The third-order valence-electron chi connectivity index (χ3n) is 4.93. The highest BCUT2D eigenvalue weighted by Gasteiger charge is 2.28. The lowest BCUT2D eigenvalue weighted by Gasteiger charge is -2.29. The van der Waals surface area contributed by atoms with Gasteiger partial charge >= 0.3 is 0 Å². The summed E-state index contributed by atoms with van der Waals surface area (Å²) in [4.78, 5) is 23.4. The fourth-order valence-corrected chi connectivity index (χ4v) is 5.59. The Morgan fingerprint density at radius 3 is 2.74 bits per heavy atom. The lowest BCUT2D eigenvalue weighted by atomic mass is 10.0. The molecule has 3 aromatic heterocycles. The van der Waals surface area contributed by atoms with Crippen LogP contribution >= 0.6 is 23.1 Å². The van der Waals surface area contributed by atoms with Gasteiger partial charge in [-0.05, 0) is 11.6 Å². The van der Waals surface area contributed by atoms with E-state index in [9.17, 15) is 4.79 Å². The fourth-order valence-electron chi connectivity index (χ4n) is 3.51. The Morgan fingerprint density at radius 1 is 1.19 bits per heavy atom. The lowest BCUT2D eigenvalue weighted by molar-refractivity contribution is 0.679. The first-order valence-electron chi connectivity index (χ1n) is 8.75. The second-order valence-electron chi connectivity index (χ2n) is 7.43. The Labute approximate surface area is 164 Å². The van der Waals surface area contributed by atoms with Crippen LogP contribution in [0.2, 0.25) is 0 Å². The minimum absolute atomic E-state index is 0.188. The molecule has 27 heavy (non-hydrogen) atoms. The predicted octanol–water partition coefficient (Wildman–Crippen LogP) is 3.95. The van der Waals surface area contributed by atoms with Gasteiger partial charge in [0.2, 0.25) is 0 Å². The summed E-state index contributed by atoms with van der Waals surface area (Å²) in [7, 11) is 0. The number of fused-ring (bicyclic) bond motifs is 4. The molecule has 4 heterocycles. The topological polar surface area (TPSA) is 73.8 Å². The molecule has 136 valence electrons. The average Bonchev–Trinajstić information content (AvgIpc) is 3.00. The van der Waals surface area contributed by atoms with E-state index in [-0.39, 0.29) is 10.3 Å². The predicted molar refractivity (Wildman–Crippen MR) is 114 cm³/mol. The molecule has 2 N–H and O–H groups in total. The summed E-state index contributed by atoms with van der Waals surface area (Å²) < 4.78 is 1.90. The molecule has 0 radical (unpaired) electrons. The zero-order valence-electron chi connectivity index (χ0n) is 15.0. The van der Waals surface area contributed by atoms with E-state index in [1.54, 1.807) is 0 Å². The summed E-state index contributed by atoms with van der Waals surface area (Å²) in [5, 5.41) is 0.948. The number of hydrogen-bond donors (Lipinski definition) is 1. The molecule has 1 aliphatic rings. The quantitative estimate of drug-likeness (QED) is 0.495. The Kier molecular flexibility index (Phi) is 3.61. The lowest BCUT2D eigenvalue weighted by Crippen LogP contribution is -2.29. The summed E-state index contributed by atoms with van der Waals surface area (Å²) in [5.41, 5.74) is 3.67. The first-order chi connectivity index (χ1) is 12.9. The van der Waals surface area contributed by atoms with Crippen LogP contribution in [0.1, 0.15) is 25.1 Å². The molecule has 0 fully saturated rings. The van der Waals surface area contributed by atoms with Gasteiger partial charge in [0, 0.05) is 33.6 Å². The number of rotatable bonds is 1. The van der Waals surface area contributed by atoms with E-state index >= 15 is 0 Å². The molecule has 0 saturated carbocycles. The Balaban J connectivity index is 1.80. The fraction of sp³-hybridized carbons (Fsp3) is 0.250. The van der Waals surface area contributed by atoms with Crippen LogP contribution < -0.4 is 11.4 Å². The normalized spacial score (nSPS) is 15.9. The summed E-state index contributed by atoms with van der Waals surface area (Å²) in [6.45, 7) is 4.50. The molecule has 5 nitrogen and oxygen atoms in total. The van der Waals surface area contributed by atoms with Gasteiger partial charge in [-0.15, -0.1) is 11.3 Å². The molecule has 0 unspecified atom stereocenters. The van der Waals surface area contributed by atoms with Crippen molar-refractivity contribution in [3.05, 3.63) is 58.0 Å². The minimum Gasteiger partial charge on any atom is -0.334 e. The van der Waals surface area contributed by atoms with Crippen molar-refractivity contribution < 1.29 is 0 Å².